The molecule has 2 atom stereocenters. The van der Waals surface area contributed by atoms with Gasteiger partial charge in [-0.2, -0.15) is 0 Å². The first-order chi connectivity index (χ1) is 7.70. The van der Waals surface area contributed by atoms with E-state index in [1.54, 1.807) is 0 Å². The van der Waals surface area contributed by atoms with Gasteiger partial charge < -0.3 is 9.74 Å². The summed E-state index contributed by atoms with van der Waals surface area (Å²) in [5.41, 5.74) is 0. The average molecular weight is 228 g/mol. The van der Waals surface area contributed by atoms with E-state index in [0.29, 0.717) is 18.7 Å². The van der Waals surface area contributed by atoms with Crippen molar-refractivity contribution in [1.29, 1.82) is 0 Å². The Morgan fingerprint density at radius 1 is 1.19 bits per heavy atom. The predicted octanol–water partition coefficient (Wildman–Crippen LogP) is -0.803. The molecule has 0 aromatic heterocycles. The number of hydrogen-bond donors (Lipinski definition) is 1. The van der Waals surface area contributed by atoms with Crippen LogP contribution >= 0.6 is 0 Å². The van der Waals surface area contributed by atoms with E-state index in [0.717, 1.165) is 6.54 Å². The molecule has 0 radical (unpaired) electrons. The van der Waals surface area contributed by atoms with Crippen molar-refractivity contribution >= 4 is 0 Å². The number of likely N-dealkylation sites (tertiary alicyclic amines) is 1. The zero-order chi connectivity index (χ0) is 11.5. The molecule has 2 aliphatic heterocycles. The molecule has 2 heterocycles. The maximum absolute atomic E-state index is 5.17. The summed E-state index contributed by atoms with van der Waals surface area (Å²) >= 11 is 0. The Morgan fingerprint density at radius 2 is 1.88 bits per heavy atom. The summed E-state index contributed by atoms with van der Waals surface area (Å²) in [4.78, 5) is 12.2. The summed E-state index contributed by atoms with van der Waals surface area (Å²) < 4.78 is 0. The summed E-state index contributed by atoms with van der Waals surface area (Å²) in [5.74, 6) is 5.17. The Labute approximate surface area is 98.1 Å². The van der Waals surface area contributed by atoms with Crippen molar-refractivity contribution in [2.75, 3.05) is 53.4 Å². The Bertz CT molecular complexity index is 218. The van der Waals surface area contributed by atoms with Gasteiger partial charge in [-0.15, -0.1) is 0 Å². The van der Waals surface area contributed by atoms with Gasteiger partial charge in [-0.1, -0.05) is 0 Å². The summed E-state index contributed by atoms with van der Waals surface area (Å²) in [6, 6.07) is 1.19. The summed E-state index contributed by atoms with van der Waals surface area (Å²) in [6.07, 6.45) is 1.19. The Balaban J connectivity index is 1.83. The zero-order valence-electron chi connectivity index (χ0n) is 10.4. The zero-order valence-corrected chi connectivity index (χ0v) is 10.4. The SMILES string of the molecule is CN1CCN([C@H]2CC(CON)N(C)C2)CC1. The topological polar surface area (TPSA) is 45.0 Å². The largest absolute Gasteiger partial charge is 0.304 e. The molecular formula is C11H24N4O. The molecule has 0 amide bonds. The normalized spacial score (nSPS) is 34.7. The predicted molar refractivity (Wildman–Crippen MR) is 64.0 cm³/mol. The van der Waals surface area contributed by atoms with Gasteiger partial charge in [0.1, 0.15) is 0 Å². The van der Waals surface area contributed by atoms with Gasteiger partial charge in [-0.3, -0.25) is 9.80 Å². The smallest absolute Gasteiger partial charge is 0.0835 e. The first-order valence-electron chi connectivity index (χ1n) is 6.15. The third-order valence-corrected chi connectivity index (χ3v) is 4.01. The fourth-order valence-electron chi connectivity index (χ4n) is 2.81. The van der Waals surface area contributed by atoms with E-state index in [2.05, 4.69) is 28.8 Å². The summed E-state index contributed by atoms with van der Waals surface area (Å²) in [6.45, 7) is 6.59. The van der Waals surface area contributed by atoms with Crippen LogP contribution in [0.5, 0.6) is 0 Å². The third-order valence-electron chi connectivity index (χ3n) is 4.01. The Kier molecular flexibility index (Phi) is 4.16. The van der Waals surface area contributed by atoms with Crippen LogP contribution in [-0.2, 0) is 4.84 Å². The van der Waals surface area contributed by atoms with E-state index < -0.39 is 0 Å². The second-order valence-electron chi connectivity index (χ2n) is 5.16. The molecule has 1 unspecified atom stereocenters. The Morgan fingerprint density at radius 3 is 2.50 bits per heavy atom. The van der Waals surface area contributed by atoms with Crippen molar-refractivity contribution in [3.05, 3.63) is 0 Å². The van der Waals surface area contributed by atoms with Crippen LogP contribution in [-0.4, -0.2) is 80.2 Å². The molecule has 5 nitrogen and oxygen atoms in total. The first kappa shape index (κ1) is 12.3. The number of likely N-dealkylation sites (N-methyl/N-ethyl adjacent to an activating group) is 2. The molecule has 2 fully saturated rings. The van der Waals surface area contributed by atoms with Crippen LogP contribution in [0.2, 0.25) is 0 Å². The molecule has 2 N–H and O–H groups in total. The van der Waals surface area contributed by atoms with E-state index >= 15 is 0 Å². The van der Waals surface area contributed by atoms with E-state index in [-0.39, 0.29) is 0 Å². The monoisotopic (exact) mass is 228 g/mol. The van der Waals surface area contributed by atoms with E-state index in [1.165, 1.54) is 32.6 Å². The van der Waals surface area contributed by atoms with Gasteiger partial charge in [-0.25, -0.2) is 5.90 Å². The van der Waals surface area contributed by atoms with Gasteiger partial charge in [0, 0.05) is 44.8 Å². The second-order valence-corrected chi connectivity index (χ2v) is 5.16. The summed E-state index contributed by atoms with van der Waals surface area (Å²) in [5, 5.41) is 0. The Hall–Kier alpha value is -0.200. The van der Waals surface area contributed by atoms with Gasteiger partial charge in [0.05, 0.1) is 6.61 Å². The van der Waals surface area contributed by atoms with Crippen LogP contribution in [0, 0.1) is 0 Å². The fourth-order valence-corrected chi connectivity index (χ4v) is 2.81. The van der Waals surface area contributed by atoms with E-state index in [9.17, 15) is 0 Å². The van der Waals surface area contributed by atoms with Gasteiger partial charge in [0.15, 0.2) is 0 Å². The molecule has 2 saturated heterocycles. The van der Waals surface area contributed by atoms with E-state index in [4.69, 9.17) is 10.7 Å². The molecule has 5 heteroatoms. The number of rotatable bonds is 3. The second kappa shape index (κ2) is 5.42. The summed E-state index contributed by atoms with van der Waals surface area (Å²) in [7, 11) is 4.36. The lowest BCUT2D eigenvalue weighted by Gasteiger charge is -2.36. The van der Waals surface area contributed by atoms with Crippen LogP contribution in [0.15, 0.2) is 0 Å². The molecule has 94 valence electrons. The highest BCUT2D eigenvalue weighted by atomic mass is 16.6. The minimum absolute atomic E-state index is 0.495. The molecule has 2 rings (SSSR count). The molecular weight excluding hydrogens is 204 g/mol. The van der Waals surface area contributed by atoms with Gasteiger partial charge in [0.25, 0.3) is 0 Å². The molecule has 0 aliphatic carbocycles. The molecule has 2 aliphatic rings. The van der Waals surface area contributed by atoms with Gasteiger partial charge in [-0.05, 0) is 20.5 Å². The quantitative estimate of drug-likeness (QED) is 0.641. The van der Waals surface area contributed by atoms with Crippen LogP contribution in [0.25, 0.3) is 0 Å². The highest BCUT2D eigenvalue weighted by Crippen LogP contribution is 2.21. The minimum Gasteiger partial charge on any atom is -0.304 e. The lowest BCUT2D eigenvalue weighted by molar-refractivity contribution is 0.0864. The molecule has 0 saturated carbocycles. The van der Waals surface area contributed by atoms with Crippen molar-refractivity contribution in [2.24, 2.45) is 5.90 Å². The third kappa shape index (κ3) is 2.73. The average Bonchev–Trinajstić information content (AvgIpc) is 2.62. The minimum atomic E-state index is 0.495. The van der Waals surface area contributed by atoms with Crippen molar-refractivity contribution in [3.63, 3.8) is 0 Å². The van der Waals surface area contributed by atoms with Crippen LogP contribution in [0.3, 0.4) is 0 Å². The highest BCUT2D eigenvalue weighted by Gasteiger charge is 2.33. The van der Waals surface area contributed by atoms with Crippen molar-refractivity contribution in [2.45, 2.75) is 18.5 Å². The van der Waals surface area contributed by atoms with Crippen LogP contribution < -0.4 is 5.90 Å². The first-order valence-corrected chi connectivity index (χ1v) is 6.15. The molecule has 0 spiro atoms. The lowest BCUT2D eigenvalue weighted by atomic mass is 10.1. The van der Waals surface area contributed by atoms with Crippen molar-refractivity contribution < 1.29 is 4.84 Å². The number of nitrogens with zero attached hydrogens (tertiary/aromatic N) is 3. The van der Waals surface area contributed by atoms with Gasteiger partial charge >= 0.3 is 0 Å². The lowest BCUT2D eigenvalue weighted by Crippen LogP contribution is -2.49. The molecule has 0 aromatic carbocycles. The number of piperazine rings is 1. The maximum atomic E-state index is 5.17. The van der Waals surface area contributed by atoms with E-state index in [1.807, 2.05) is 0 Å². The fraction of sp³-hybridized carbons (Fsp3) is 1.00. The van der Waals surface area contributed by atoms with Crippen molar-refractivity contribution in [3.8, 4) is 0 Å². The number of hydrogen-bond acceptors (Lipinski definition) is 5. The van der Waals surface area contributed by atoms with Gasteiger partial charge in [0.2, 0.25) is 0 Å². The number of nitrogens with two attached hydrogens (primary N) is 1. The molecule has 16 heavy (non-hydrogen) atoms. The maximum Gasteiger partial charge on any atom is 0.0835 e. The van der Waals surface area contributed by atoms with Crippen molar-refractivity contribution in [1.82, 2.24) is 14.7 Å². The van der Waals surface area contributed by atoms with Crippen LogP contribution in [0.1, 0.15) is 6.42 Å². The van der Waals surface area contributed by atoms with Crippen LogP contribution in [0.4, 0.5) is 0 Å². The highest BCUT2D eigenvalue weighted by molar-refractivity contribution is 4.90. The standard InChI is InChI=1S/C11H24N4O/c1-13-3-5-15(6-4-13)10-7-11(9-16-12)14(2)8-10/h10-11H,3-9,12H2,1-2H3/t10-,11?/m0/s1. The molecule has 0 bridgehead atoms. The molecule has 0 aromatic rings.